The van der Waals surface area contributed by atoms with Crippen LogP contribution in [-0.2, 0) is 6.42 Å². The Kier molecular flexibility index (Phi) is 3.23. The molecule has 0 aliphatic rings. The Morgan fingerprint density at radius 1 is 1.38 bits per heavy atom. The van der Waals surface area contributed by atoms with Gasteiger partial charge in [-0.2, -0.15) is 8.78 Å². The highest BCUT2D eigenvalue weighted by atomic mass is 19.3. The molecule has 0 heterocycles. The van der Waals surface area contributed by atoms with Gasteiger partial charge >= 0.3 is 6.61 Å². The van der Waals surface area contributed by atoms with Gasteiger partial charge in [0.15, 0.2) is 0 Å². The molecule has 13 heavy (non-hydrogen) atoms. The molecule has 0 aromatic heterocycles. The first-order chi connectivity index (χ1) is 6.13. The van der Waals surface area contributed by atoms with E-state index in [-0.39, 0.29) is 5.75 Å². The zero-order valence-electron chi connectivity index (χ0n) is 7.68. The molecule has 0 unspecified atom stereocenters. The molecule has 0 aliphatic heterocycles. The molecule has 0 aliphatic carbocycles. The largest absolute Gasteiger partial charge is 0.435 e. The Balaban J connectivity index is 2.92. The molecular formula is C10H12F2O. The maximum Gasteiger partial charge on any atom is 0.387 e. The average Bonchev–Trinajstić information content (AvgIpc) is 2.07. The molecule has 0 amide bonds. The molecule has 0 saturated heterocycles. The molecule has 1 rings (SSSR count). The SMILES string of the molecule is CCc1cc(C)ccc1OC(F)F. The number of ether oxygens (including phenoxy) is 1. The topological polar surface area (TPSA) is 9.23 Å². The minimum absolute atomic E-state index is 0.281. The van der Waals surface area contributed by atoms with Crippen LogP contribution in [0.15, 0.2) is 18.2 Å². The van der Waals surface area contributed by atoms with Crippen LogP contribution in [0.3, 0.4) is 0 Å². The van der Waals surface area contributed by atoms with Crippen molar-refractivity contribution in [3.63, 3.8) is 0 Å². The third-order valence-corrected chi connectivity index (χ3v) is 1.81. The van der Waals surface area contributed by atoms with Crippen molar-refractivity contribution < 1.29 is 13.5 Å². The van der Waals surface area contributed by atoms with Gasteiger partial charge < -0.3 is 4.74 Å². The van der Waals surface area contributed by atoms with Crippen LogP contribution < -0.4 is 4.74 Å². The van der Waals surface area contributed by atoms with Crippen LogP contribution in [0.2, 0.25) is 0 Å². The predicted octanol–water partition coefficient (Wildman–Crippen LogP) is 3.16. The molecule has 1 aromatic carbocycles. The van der Waals surface area contributed by atoms with Crippen molar-refractivity contribution in [1.82, 2.24) is 0 Å². The molecule has 0 bridgehead atoms. The zero-order chi connectivity index (χ0) is 9.84. The quantitative estimate of drug-likeness (QED) is 0.704. The summed E-state index contributed by atoms with van der Waals surface area (Å²) in [4.78, 5) is 0. The number of alkyl halides is 2. The third-order valence-electron chi connectivity index (χ3n) is 1.81. The molecule has 0 saturated carbocycles. The summed E-state index contributed by atoms with van der Waals surface area (Å²) in [5.41, 5.74) is 1.87. The highest BCUT2D eigenvalue weighted by Crippen LogP contribution is 2.22. The number of rotatable bonds is 3. The normalized spacial score (nSPS) is 10.5. The number of hydrogen-bond donors (Lipinski definition) is 0. The van der Waals surface area contributed by atoms with E-state index in [1.165, 1.54) is 0 Å². The third kappa shape index (κ3) is 2.68. The van der Waals surface area contributed by atoms with Gasteiger partial charge in [0.25, 0.3) is 0 Å². The first kappa shape index (κ1) is 9.96. The summed E-state index contributed by atoms with van der Waals surface area (Å²) in [5.74, 6) is 0.281. The second-order valence-corrected chi connectivity index (χ2v) is 2.84. The van der Waals surface area contributed by atoms with E-state index in [9.17, 15) is 8.78 Å². The van der Waals surface area contributed by atoms with Crippen LogP contribution in [-0.4, -0.2) is 6.61 Å². The van der Waals surface area contributed by atoms with Gasteiger partial charge in [0.1, 0.15) is 5.75 Å². The van der Waals surface area contributed by atoms with Crippen LogP contribution in [0, 0.1) is 6.92 Å². The Hall–Kier alpha value is -1.12. The van der Waals surface area contributed by atoms with Crippen LogP contribution in [0.5, 0.6) is 5.75 Å². The maximum atomic E-state index is 11.9. The minimum atomic E-state index is -2.74. The number of aryl methyl sites for hydroxylation is 2. The predicted molar refractivity (Wildman–Crippen MR) is 47.2 cm³/mol. The maximum absolute atomic E-state index is 11.9. The van der Waals surface area contributed by atoms with Crippen molar-refractivity contribution in [2.24, 2.45) is 0 Å². The van der Waals surface area contributed by atoms with Crippen LogP contribution >= 0.6 is 0 Å². The highest BCUT2D eigenvalue weighted by molar-refractivity contribution is 5.36. The molecule has 0 spiro atoms. The molecule has 72 valence electrons. The van der Waals surface area contributed by atoms with Crippen molar-refractivity contribution in [3.05, 3.63) is 29.3 Å². The van der Waals surface area contributed by atoms with Crippen LogP contribution in [0.1, 0.15) is 18.1 Å². The molecule has 0 N–H and O–H groups in total. The van der Waals surface area contributed by atoms with E-state index in [0.29, 0.717) is 6.42 Å². The summed E-state index contributed by atoms with van der Waals surface area (Å²) >= 11 is 0. The lowest BCUT2D eigenvalue weighted by molar-refractivity contribution is -0.0504. The molecule has 3 heteroatoms. The summed E-state index contributed by atoms with van der Waals surface area (Å²) < 4.78 is 28.2. The molecule has 0 radical (unpaired) electrons. The summed E-state index contributed by atoms with van der Waals surface area (Å²) in [6, 6.07) is 5.20. The van der Waals surface area contributed by atoms with Gasteiger partial charge in [-0.05, 0) is 25.0 Å². The van der Waals surface area contributed by atoms with Gasteiger partial charge in [0, 0.05) is 0 Å². The second kappa shape index (κ2) is 4.21. The molecule has 0 atom stereocenters. The smallest absolute Gasteiger partial charge is 0.387 e. The summed E-state index contributed by atoms with van der Waals surface area (Å²) in [5, 5.41) is 0. The van der Waals surface area contributed by atoms with Crippen LogP contribution in [0.25, 0.3) is 0 Å². The van der Waals surface area contributed by atoms with E-state index >= 15 is 0 Å². The van der Waals surface area contributed by atoms with E-state index in [4.69, 9.17) is 0 Å². The molecule has 1 aromatic rings. The van der Waals surface area contributed by atoms with E-state index in [0.717, 1.165) is 11.1 Å². The first-order valence-electron chi connectivity index (χ1n) is 4.17. The van der Waals surface area contributed by atoms with E-state index in [1.54, 1.807) is 12.1 Å². The minimum Gasteiger partial charge on any atom is -0.435 e. The van der Waals surface area contributed by atoms with Crippen molar-refractivity contribution in [2.75, 3.05) is 0 Å². The molecule has 1 nitrogen and oxygen atoms in total. The van der Waals surface area contributed by atoms with E-state index in [1.807, 2.05) is 19.9 Å². The number of hydrogen-bond acceptors (Lipinski definition) is 1. The van der Waals surface area contributed by atoms with E-state index in [2.05, 4.69) is 4.74 Å². The van der Waals surface area contributed by atoms with Gasteiger partial charge in [-0.3, -0.25) is 0 Å². The summed E-state index contributed by atoms with van der Waals surface area (Å²) in [6.07, 6.45) is 0.698. The van der Waals surface area contributed by atoms with Crippen molar-refractivity contribution >= 4 is 0 Å². The number of halogens is 2. The van der Waals surface area contributed by atoms with Gasteiger partial charge in [-0.15, -0.1) is 0 Å². The first-order valence-corrected chi connectivity index (χ1v) is 4.17. The standard InChI is InChI=1S/C10H12F2O/c1-3-8-6-7(2)4-5-9(8)13-10(11)12/h4-6,10H,3H2,1-2H3. The fraction of sp³-hybridized carbons (Fsp3) is 0.400. The monoisotopic (exact) mass is 186 g/mol. The van der Waals surface area contributed by atoms with Crippen molar-refractivity contribution in [3.8, 4) is 5.75 Å². The van der Waals surface area contributed by atoms with Gasteiger partial charge in [-0.1, -0.05) is 24.6 Å². The van der Waals surface area contributed by atoms with Gasteiger partial charge in [0.05, 0.1) is 0 Å². The van der Waals surface area contributed by atoms with Crippen molar-refractivity contribution in [1.29, 1.82) is 0 Å². The second-order valence-electron chi connectivity index (χ2n) is 2.84. The Morgan fingerprint density at radius 3 is 2.62 bits per heavy atom. The number of benzene rings is 1. The fourth-order valence-electron chi connectivity index (χ4n) is 1.20. The molecule has 0 fully saturated rings. The molecular weight excluding hydrogens is 174 g/mol. The van der Waals surface area contributed by atoms with Crippen LogP contribution in [0.4, 0.5) is 8.78 Å². The lowest BCUT2D eigenvalue weighted by Gasteiger charge is -2.09. The zero-order valence-corrected chi connectivity index (χ0v) is 7.68. The summed E-state index contributed by atoms with van der Waals surface area (Å²) in [6.45, 7) is 1.09. The summed E-state index contributed by atoms with van der Waals surface area (Å²) in [7, 11) is 0. The van der Waals surface area contributed by atoms with E-state index < -0.39 is 6.61 Å². The average molecular weight is 186 g/mol. The lowest BCUT2D eigenvalue weighted by Crippen LogP contribution is -2.04. The Labute approximate surface area is 76.3 Å². The highest BCUT2D eigenvalue weighted by Gasteiger charge is 2.07. The van der Waals surface area contributed by atoms with Gasteiger partial charge in [0.2, 0.25) is 0 Å². The fourth-order valence-corrected chi connectivity index (χ4v) is 1.20. The lowest BCUT2D eigenvalue weighted by atomic mass is 10.1. The van der Waals surface area contributed by atoms with Gasteiger partial charge in [-0.25, -0.2) is 0 Å². The van der Waals surface area contributed by atoms with Crippen molar-refractivity contribution in [2.45, 2.75) is 26.9 Å². The Bertz CT molecular complexity index is 284. The Morgan fingerprint density at radius 2 is 2.08 bits per heavy atom.